The third kappa shape index (κ3) is 9.96. The van der Waals surface area contributed by atoms with Gasteiger partial charge in [-0.15, -0.1) is 0 Å². The normalized spacial score (nSPS) is 29.3. The summed E-state index contributed by atoms with van der Waals surface area (Å²) in [6.45, 7) is 6.31. The number of benzene rings is 1. The average molecular weight is 622 g/mol. The fraction of sp³-hybridized carbons (Fsp3) is 0.548. The molecule has 0 radical (unpaired) electrons. The molecule has 9 N–H and O–H groups in total. The van der Waals surface area contributed by atoms with Crippen molar-refractivity contribution in [3.8, 4) is 11.5 Å². The summed E-state index contributed by atoms with van der Waals surface area (Å²) in [5.41, 5.74) is 6.52. The van der Waals surface area contributed by atoms with Crippen LogP contribution in [0.5, 0.6) is 11.5 Å². The molecule has 1 aliphatic rings. The van der Waals surface area contributed by atoms with Crippen LogP contribution in [0, 0.1) is 11.8 Å². The van der Waals surface area contributed by atoms with Gasteiger partial charge in [0, 0.05) is 43.9 Å². The van der Waals surface area contributed by atoms with Crippen molar-refractivity contribution in [3.63, 3.8) is 0 Å². The Hall–Kier alpha value is -3.62. The molecule has 0 spiro atoms. The maximum Gasteiger partial charge on any atom is 0.405 e. The van der Waals surface area contributed by atoms with E-state index in [-0.39, 0.29) is 52.9 Å². The number of phenols is 2. The summed E-state index contributed by atoms with van der Waals surface area (Å²) >= 11 is 0. The van der Waals surface area contributed by atoms with Gasteiger partial charge in [0.2, 0.25) is 0 Å². The van der Waals surface area contributed by atoms with Crippen molar-refractivity contribution in [1.29, 1.82) is 0 Å². The van der Waals surface area contributed by atoms with E-state index in [0.717, 1.165) is 0 Å². The SMILES string of the molecule is CO[C@H]1/C=C\C=C(/C)C(=O)Nc2cc(O)c(NCC(O)CO)c(c2O)C[C@@H](C)C[C@H](OC)[C@H](O)[C@@H](C)/C=C(\C)[C@@H]1OC(N)=O. The number of phenolic OH excluding ortho intramolecular Hbond substituents is 2. The van der Waals surface area contributed by atoms with Gasteiger partial charge in [0.15, 0.2) is 6.10 Å². The van der Waals surface area contributed by atoms with Gasteiger partial charge in [0.1, 0.15) is 17.6 Å². The minimum absolute atomic E-state index is 0.0425. The Bertz CT molecular complexity index is 1230. The van der Waals surface area contributed by atoms with E-state index in [1.54, 1.807) is 39.0 Å². The van der Waals surface area contributed by atoms with E-state index in [1.165, 1.54) is 26.4 Å². The molecule has 2 rings (SSSR count). The molecule has 13 nitrogen and oxygen atoms in total. The zero-order valence-corrected chi connectivity index (χ0v) is 26.1. The lowest BCUT2D eigenvalue weighted by Gasteiger charge is -2.29. The van der Waals surface area contributed by atoms with Crippen LogP contribution in [0.1, 0.15) is 39.7 Å². The molecule has 2 amide bonds. The largest absolute Gasteiger partial charge is 0.506 e. The highest BCUT2D eigenvalue weighted by Gasteiger charge is 2.30. The molecule has 246 valence electrons. The molecule has 13 heteroatoms. The molecule has 0 saturated heterocycles. The Morgan fingerprint density at radius 2 is 1.89 bits per heavy atom. The number of carbonyl (C=O) groups is 2. The monoisotopic (exact) mass is 621 g/mol. The molecular weight excluding hydrogens is 574 g/mol. The first-order valence-electron chi connectivity index (χ1n) is 14.4. The molecule has 0 saturated carbocycles. The predicted octanol–water partition coefficient (Wildman–Crippen LogP) is 2.32. The van der Waals surface area contributed by atoms with Crippen LogP contribution >= 0.6 is 0 Å². The number of aliphatic hydroxyl groups excluding tert-OH is 3. The summed E-state index contributed by atoms with van der Waals surface area (Å²) in [7, 11) is 2.90. The van der Waals surface area contributed by atoms with Crippen LogP contribution in [-0.4, -0.2) is 95.4 Å². The van der Waals surface area contributed by atoms with Crippen LogP contribution in [0.15, 0.2) is 41.5 Å². The fourth-order valence-electron chi connectivity index (χ4n) is 5.09. The molecule has 2 bridgehead atoms. The standard InChI is InChI=1S/C31H47N3O10/c1-16-10-21-26(33-14-20(36)15-35)23(37)13-22(28(21)39)34-30(40)17(2)8-7-9-24(42-5)29(44-31(32)41)19(4)12-18(3)27(38)25(11-16)43-6/h7-9,12-13,16,18,20,24-25,27,29,33,35-39H,10-11,14-15H2,1-6H3,(H2,32,41)(H,34,40)/b9-7-,17-8+,19-12+/t16-,18+,20?,24+,25+,27-,29+/m1/s1. The zero-order valence-electron chi connectivity index (χ0n) is 26.1. The highest BCUT2D eigenvalue weighted by molar-refractivity contribution is 6.04. The van der Waals surface area contributed by atoms with E-state index in [0.29, 0.717) is 12.0 Å². The van der Waals surface area contributed by atoms with Gasteiger partial charge < -0.3 is 56.1 Å². The maximum atomic E-state index is 13.0. The summed E-state index contributed by atoms with van der Waals surface area (Å²) in [4.78, 5) is 24.8. The number of hydrogen-bond donors (Lipinski definition) is 8. The van der Waals surface area contributed by atoms with Gasteiger partial charge in [-0.3, -0.25) is 4.79 Å². The van der Waals surface area contributed by atoms with Crippen molar-refractivity contribution in [2.24, 2.45) is 17.6 Å². The van der Waals surface area contributed by atoms with Gasteiger partial charge >= 0.3 is 6.09 Å². The molecule has 0 fully saturated rings. The third-order valence-corrected chi connectivity index (χ3v) is 7.56. The first kappa shape index (κ1) is 36.6. The Labute approximate surface area is 258 Å². The average Bonchev–Trinajstić information content (AvgIpc) is 2.97. The molecule has 1 aliphatic heterocycles. The van der Waals surface area contributed by atoms with Crippen LogP contribution in [0.25, 0.3) is 0 Å². The summed E-state index contributed by atoms with van der Waals surface area (Å²) in [5.74, 6) is -1.85. The van der Waals surface area contributed by atoms with Crippen molar-refractivity contribution in [2.45, 2.75) is 71.1 Å². The molecule has 0 aliphatic carbocycles. The number of fused-ring (bicyclic) bond motifs is 2. The summed E-state index contributed by atoms with van der Waals surface area (Å²) in [6.07, 6.45) is 1.40. The number of primary amides is 1. The van der Waals surface area contributed by atoms with Crippen LogP contribution in [0.4, 0.5) is 16.2 Å². The second kappa shape index (κ2) is 17.0. The lowest BCUT2D eigenvalue weighted by molar-refractivity contribution is -0.112. The van der Waals surface area contributed by atoms with Gasteiger partial charge in [0.25, 0.3) is 5.91 Å². The van der Waals surface area contributed by atoms with E-state index in [1.807, 2.05) is 6.92 Å². The summed E-state index contributed by atoms with van der Waals surface area (Å²) in [6, 6.07) is 1.19. The fourth-order valence-corrected chi connectivity index (χ4v) is 5.09. The number of methoxy groups -OCH3 is 2. The lowest BCUT2D eigenvalue weighted by Crippen LogP contribution is -2.37. The number of hydrogen-bond acceptors (Lipinski definition) is 11. The first-order chi connectivity index (χ1) is 20.7. The number of carbonyl (C=O) groups excluding carboxylic acids is 2. The number of nitrogens with one attached hydrogen (secondary N) is 2. The number of nitrogens with two attached hydrogens (primary N) is 1. The Balaban J connectivity index is 2.66. The van der Waals surface area contributed by atoms with Crippen molar-refractivity contribution < 1.29 is 49.3 Å². The molecule has 1 unspecified atom stereocenters. The number of rotatable bonds is 7. The van der Waals surface area contributed by atoms with E-state index in [2.05, 4.69) is 10.6 Å². The number of aliphatic hydroxyl groups is 3. The predicted molar refractivity (Wildman–Crippen MR) is 165 cm³/mol. The molecule has 1 aromatic rings. The maximum absolute atomic E-state index is 13.0. The number of allylic oxidation sites excluding steroid dienone is 2. The summed E-state index contributed by atoms with van der Waals surface area (Å²) < 4.78 is 16.6. The Kier molecular flexibility index (Phi) is 14.1. The van der Waals surface area contributed by atoms with Crippen LogP contribution in [-0.2, 0) is 25.4 Å². The number of anilines is 2. The van der Waals surface area contributed by atoms with Gasteiger partial charge in [-0.1, -0.05) is 38.2 Å². The highest BCUT2D eigenvalue weighted by atomic mass is 16.6. The summed E-state index contributed by atoms with van der Waals surface area (Å²) in [5, 5.41) is 58.0. The van der Waals surface area contributed by atoms with Crippen LogP contribution in [0.2, 0.25) is 0 Å². The first-order valence-corrected chi connectivity index (χ1v) is 14.4. The quantitative estimate of drug-likeness (QED) is 0.126. The van der Waals surface area contributed by atoms with Crippen molar-refractivity contribution in [1.82, 2.24) is 0 Å². The van der Waals surface area contributed by atoms with Gasteiger partial charge in [-0.2, -0.15) is 0 Å². The van der Waals surface area contributed by atoms with E-state index in [4.69, 9.17) is 19.9 Å². The second-order valence-corrected chi connectivity index (χ2v) is 11.2. The van der Waals surface area contributed by atoms with Gasteiger partial charge in [-0.25, -0.2) is 4.79 Å². The van der Waals surface area contributed by atoms with Gasteiger partial charge in [0.05, 0.1) is 36.3 Å². The molecule has 7 atom stereocenters. The van der Waals surface area contributed by atoms with Crippen molar-refractivity contribution in [2.75, 3.05) is 38.0 Å². The van der Waals surface area contributed by atoms with Gasteiger partial charge in [-0.05, 0) is 38.2 Å². The Morgan fingerprint density at radius 1 is 1.20 bits per heavy atom. The Morgan fingerprint density at radius 3 is 2.48 bits per heavy atom. The van der Waals surface area contributed by atoms with E-state index >= 15 is 0 Å². The van der Waals surface area contributed by atoms with Crippen molar-refractivity contribution in [3.05, 3.63) is 47.1 Å². The topological polar surface area (TPSA) is 213 Å². The van der Waals surface area contributed by atoms with E-state index < -0.39 is 55.0 Å². The molecule has 1 aromatic carbocycles. The van der Waals surface area contributed by atoms with E-state index in [9.17, 15) is 35.1 Å². The van der Waals surface area contributed by atoms with Crippen LogP contribution < -0.4 is 16.4 Å². The lowest BCUT2D eigenvalue weighted by atomic mass is 9.87. The number of aromatic hydroxyl groups is 2. The molecule has 0 aromatic heterocycles. The number of ether oxygens (including phenoxy) is 3. The molecule has 44 heavy (non-hydrogen) atoms. The van der Waals surface area contributed by atoms with Crippen molar-refractivity contribution >= 4 is 23.4 Å². The molecular formula is C31H47N3O10. The molecule has 1 heterocycles. The van der Waals surface area contributed by atoms with Crippen LogP contribution in [0.3, 0.4) is 0 Å². The minimum atomic E-state index is -1.12. The zero-order chi connectivity index (χ0) is 33.1. The minimum Gasteiger partial charge on any atom is -0.506 e. The smallest absolute Gasteiger partial charge is 0.405 e. The third-order valence-electron chi connectivity index (χ3n) is 7.56. The highest BCUT2D eigenvalue weighted by Crippen LogP contribution is 2.42. The second-order valence-electron chi connectivity index (χ2n) is 11.2. The number of amides is 2.